The molecule has 2 amide bonds. The van der Waals surface area contributed by atoms with Crippen molar-refractivity contribution in [3.8, 4) is 0 Å². The van der Waals surface area contributed by atoms with Crippen molar-refractivity contribution in [2.75, 3.05) is 25.0 Å². The first-order chi connectivity index (χ1) is 14.1. The highest BCUT2D eigenvalue weighted by Gasteiger charge is 2.33. The smallest absolute Gasteiger partial charge is 0.270 e. The number of benzene rings is 1. The van der Waals surface area contributed by atoms with Crippen LogP contribution in [0.2, 0.25) is 0 Å². The molecule has 0 saturated carbocycles. The van der Waals surface area contributed by atoms with Crippen molar-refractivity contribution < 1.29 is 14.0 Å². The van der Waals surface area contributed by atoms with Crippen LogP contribution in [-0.4, -0.2) is 47.4 Å². The second-order valence-electron chi connectivity index (χ2n) is 7.86. The summed E-state index contributed by atoms with van der Waals surface area (Å²) in [5.74, 6) is 0.590. The first-order valence-electron chi connectivity index (χ1n) is 9.93. The minimum Gasteiger partial charge on any atom is -0.439 e. The first-order valence-corrected chi connectivity index (χ1v) is 9.93. The Hall–Kier alpha value is -3.19. The van der Waals surface area contributed by atoms with Gasteiger partial charge >= 0.3 is 0 Å². The quantitative estimate of drug-likeness (QED) is 0.715. The zero-order chi connectivity index (χ0) is 19.8. The lowest BCUT2D eigenvalue weighted by Gasteiger charge is -2.30. The number of hydrogen-bond acceptors (Lipinski definition) is 5. The second-order valence-corrected chi connectivity index (χ2v) is 7.86. The molecule has 148 valence electrons. The standard InChI is InChI=1S/C22H22N4O3/c27-21(15-4-2-1-3-5-15)25-20-10-16-9-18(23-11-19(16)29-20)22(28)24-17-8-14-6-7-26(12-14)13-17/h1-5,9-11,14,17H,6-8,12-13H2,(H,24,28)(H,25,27). The molecule has 2 aliphatic heterocycles. The summed E-state index contributed by atoms with van der Waals surface area (Å²) in [6.45, 7) is 3.20. The van der Waals surface area contributed by atoms with Crippen molar-refractivity contribution in [2.24, 2.45) is 5.92 Å². The molecule has 1 aromatic carbocycles. The molecule has 29 heavy (non-hydrogen) atoms. The lowest BCUT2D eigenvalue weighted by atomic mass is 9.97. The average molecular weight is 390 g/mol. The van der Waals surface area contributed by atoms with E-state index < -0.39 is 0 Å². The summed E-state index contributed by atoms with van der Waals surface area (Å²) in [4.78, 5) is 31.6. The van der Waals surface area contributed by atoms with Gasteiger partial charge in [-0.2, -0.15) is 0 Å². The summed E-state index contributed by atoms with van der Waals surface area (Å²) in [5, 5.41) is 6.58. The number of amides is 2. The molecule has 7 heteroatoms. The fourth-order valence-corrected chi connectivity index (χ4v) is 4.33. The van der Waals surface area contributed by atoms with Crippen LogP contribution in [0.4, 0.5) is 5.88 Å². The third-order valence-electron chi connectivity index (χ3n) is 5.71. The Bertz CT molecular complexity index is 1050. The molecule has 3 aromatic rings. The number of aromatic nitrogens is 1. The van der Waals surface area contributed by atoms with Crippen molar-refractivity contribution in [2.45, 2.75) is 18.9 Å². The van der Waals surface area contributed by atoms with Gasteiger partial charge in [0.1, 0.15) is 5.69 Å². The first kappa shape index (κ1) is 17.9. The van der Waals surface area contributed by atoms with Gasteiger partial charge in [0, 0.05) is 36.1 Å². The van der Waals surface area contributed by atoms with Gasteiger partial charge in [-0.1, -0.05) is 18.2 Å². The molecule has 2 aromatic heterocycles. The highest BCUT2D eigenvalue weighted by Crippen LogP contribution is 2.27. The topological polar surface area (TPSA) is 87.5 Å². The highest BCUT2D eigenvalue weighted by molar-refractivity contribution is 6.04. The van der Waals surface area contributed by atoms with Gasteiger partial charge in [0.2, 0.25) is 5.88 Å². The normalized spacial score (nSPS) is 23.1. The molecular formula is C22H22N4O3. The SMILES string of the molecule is O=C(Nc1cc2cc(C(=O)NC3CC4CCN(C4)C3)ncc2o1)c1ccccc1. The molecule has 5 rings (SSSR count). The summed E-state index contributed by atoms with van der Waals surface area (Å²) in [5.41, 5.74) is 1.42. The number of furan rings is 1. The molecule has 3 atom stereocenters. The van der Waals surface area contributed by atoms with Crippen molar-refractivity contribution in [1.29, 1.82) is 0 Å². The maximum atomic E-state index is 12.7. The monoisotopic (exact) mass is 390 g/mol. The van der Waals surface area contributed by atoms with Crippen LogP contribution in [0.1, 0.15) is 33.7 Å². The van der Waals surface area contributed by atoms with E-state index in [0.717, 1.165) is 31.4 Å². The molecule has 2 N–H and O–H groups in total. The summed E-state index contributed by atoms with van der Waals surface area (Å²) >= 11 is 0. The van der Waals surface area contributed by atoms with E-state index in [1.807, 2.05) is 6.07 Å². The molecular weight excluding hydrogens is 368 g/mol. The third-order valence-corrected chi connectivity index (χ3v) is 5.71. The number of carbonyl (C=O) groups excluding carboxylic acids is 2. The van der Waals surface area contributed by atoms with Crippen LogP contribution >= 0.6 is 0 Å². The fraction of sp³-hybridized carbons (Fsp3) is 0.318. The van der Waals surface area contributed by atoms with Crippen LogP contribution in [0.15, 0.2) is 53.1 Å². The minimum absolute atomic E-state index is 0.171. The van der Waals surface area contributed by atoms with Gasteiger partial charge in [0.05, 0.1) is 6.20 Å². The van der Waals surface area contributed by atoms with Gasteiger partial charge in [-0.15, -0.1) is 0 Å². The van der Waals surface area contributed by atoms with Crippen LogP contribution in [0.25, 0.3) is 11.0 Å². The van der Waals surface area contributed by atoms with Crippen LogP contribution in [-0.2, 0) is 0 Å². The molecule has 0 radical (unpaired) electrons. The number of rotatable bonds is 4. The lowest BCUT2D eigenvalue weighted by molar-refractivity contribution is 0.0904. The van der Waals surface area contributed by atoms with Crippen LogP contribution < -0.4 is 10.6 Å². The fourth-order valence-electron chi connectivity index (χ4n) is 4.33. The Morgan fingerprint density at radius 1 is 1.10 bits per heavy atom. The number of carbonyl (C=O) groups is 2. The number of nitrogens with zero attached hydrogens (tertiary/aromatic N) is 2. The van der Waals surface area contributed by atoms with Gasteiger partial charge in [0.25, 0.3) is 11.8 Å². The van der Waals surface area contributed by atoms with Crippen molar-refractivity contribution in [3.05, 3.63) is 59.9 Å². The number of hydrogen-bond donors (Lipinski definition) is 2. The largest absolute Gasteiger partial charge is 0.439 e. The minimum atomic E-state index is -0.252. The second kappa shape index (κ2) is 7.33. The molecule has 2 fully saturated rings. The number of nitrogens with one attached hydrogen (secondary N) is 2. The van der Waals surface area contributed by atoms with E-state index in [9.17, 15) is 9.59 Å². The van der Waals surface area contributed by atoms with Crippen molar-refractivity contribution >= 4 is 28.7 Å². The van der Waals surface area contributed by atoms with Crippen LogP contribution in [0, 0.1) is 5.92 Å². The summed E-state index contributed by atoms with van der Waals surface area (Å²) in [7, 11) is 0. The van der Waals surface area contributed by atoms with Gasteiger partial charge in [-0.3, -0.25) is 14.9 Å². The third kappa shape index (κ3) is 3.73. The Morgan fingerprint density at radius 2 is 1.97 bits per heavy atom. The van der Waals surface area contributed by atoms with E-state index in [4.69, 9.17) is 4.42 Å². The number of anilines is 1. The highest BCUT2D eigenvalue weighted by atomic mass is 16.4. The molecule has 2 saturated heterocycles. The predicted octanol–water partition coefficient (Wildman–Crippen LogP) is 2.90. The molecule has 2 bridgehead atoms. The average Bonchev–Trinajstić information content (AvgIpc) is 3.29. The van der Waals surface area contributed by atoms with Gasteiger partial charge in [-0.25, -0.2) is 4.98 Å². The maximum Gasteiger partial charge on any atom is 0.270 e. The van der Waals surface area contributed by atoms with E-state index in [0.29, 0.717) is 28.6 Å². The molecule has 3 unspecified atom stereocenters. The van der Waals surface area contributed by atoms with Gasteiger partial charge in [-0.05, 0) is 43.5 Å². The van der Waals surface area contributed by atoms with Gasteiger partial charge in [0.15, 0.2) is 5.58 Å². The van der Waals surface area contributed by atoms with E-state index in [2.05, 4.69) is 20.5 Å². The maximum absolute atomic E-state index is 12.7. The lowest BCUT2D eigenvalue weighted by Crippen LogP contribution is -2.47. The zero-order valence-electron chi connectivity index (χ0n) is 15.9. The Kier molecular flexibility index (Phi) is 4.52. The molecule has 7 nitrogen and oxygen atoms in total. The molecule has 0 spiro atoms. The van der Waals surface area contributed by atoms with Crippen molar-refractivity contribution in [1.82, 2.24) is 15.2 Å². The summed E-state index contributed by atoms with van der Waals surface area (Å²) in [6.07, 6.45) is 3.78. The summed E-state index contributed by atoms with van der Waals surface area (Å²) in [6, 6.07) is 12.5. The molecule has 4 heterocycles. The van der Waals surface area contributed by atoms with E-state index in [-0.39, 0.29) is 17.9 Å². The van der Waals surface area contributed by atoms with Crippen LogP contribution in [0.3, 0.4) is 0 Å². The van der Waals surface area contributed by atoms with Crippen molar-refractivity contribution in [3.63, 3.8) is 0 Å². The zero-order valence-corrected chi connectivity index (χ0v) is 15.9. The number of fused-ring (bicyclic) bond motifs is 3. The molecule has 0 aliphatic carbocycles. The Balaban J connectivity index is 1.29. The summed E-state index contributed by atoms with van der Waals surface area (Å²) < 4.78 is 5.65. The Morgan fingerprint density at radius 3 is 2.79 bits per heavy atom. The van der Waals surface area contributed by atoms with E-state index in [1.54, 1.807) is 36.4 Å². The van der Waals surface area contributed by atoms with E-state index in [1.165, 1.54) is 12.6 Å². The predicted molar refractivity (Wildman–Crippen MR) is 109 cm³/mol. The molecule has 2 aliphatic rings. The van der Waals surface area contributed by atoms with Crippen LogP contribution in [0.5, 0.6) is 0 Å². The number of piperidine rings is 1. The number of pyridine rings is 1. The van der Waals surface area contributed by atoms with E-state index >= 15 is 0 Å². The Labute approximate surface area is 168 Å². The van der Waals surface area contributed by atoms with Gasteiger partial charge < -0.3 is 14.6 Å².